The van der Waals surface area contributed by atoms with Crippen molar-refractivity contribution in [1.82, 2.24) is 25.3 Å². The van der Waals surface area contributed by atoms with Crippen molar-refractivity contribution in [3.63, 3.8) is 0 Å². The molecule has 1 aliphatic carbocycles. The second kappa shape index (κ2) is 7.03. The van der Waals surface area contributed by atoms with Crippen LogP contribution in [0.25, 0.3) is 0 Å². The number of likely N-dealkylation sites (N-methyl/N-ethyl adjacent to an activating group) is 1. The molecule has 1 aromatic heterocycles. The number of rotatable bonds is 3. The first kappa shape index (κ1) is 17.0. The topological polar surface area (TPSA) is 74.5 Å². The van der Waals surface area contributed by atoms with Crippen molar-refractivity contribution < 1.29 is 9.32 Å². The van der Waals surface area contributed by atoms with Crippen molar-refractivity contribution >= 4 is 5.91 Å². The molecule has 3 fully saturated rings. The van der Waals surface area contributed by atoms with Gasteiger partial charge in [0.1, 0.15) is 0 Å². The minimum atomic E-state index is 0.0788. The Morgan fingerprint density at radius 3 is 2.96 bits per heavy atom. The van der Waals surface area contributed by atoms with E-state index in [0.29, 0.717) is 12.3 Å². The Kier molecular flexibility index (Phi) is 4.78. The number of carbonyl (C=O) groups excluding carboxylic acids is 1. The molecule has 0 aromatic carbocycles. The molecule has 1 N–H and O–H groups in total. The van der Waals surface area contributed by atoms with Crippen LogP contribution in [0, 0.1) is 0 Å². The van der Waals surface area contributed by atoms with Crippen LogP contribution in [-0.4, -0.2) is 64.6 Å². The minimum absolute atomic E-state index is 0.0788. The van der Waals surface area contributed by atoms with Gasteiger partial charge in [-0.2, -0.15) is 4.98 Å². The molecule has 2 saturated heterocycles. The standard InChI is InChI=1S/C18H29N5O2/c1-22-10-11-23(13-18(22)7-6-16(24)19-9-8-18)12-15-20-17(25-21-15)14-4-2-3-5-14/h14H,2-13H2,1H3,(H,19,24)/t18-/m0/s1. The summed E-state index contributed by atoms with van der Waals surface area (Å²) in [6.07, 6.45) is 7.45. The summed E-state index contributed by atoms with van der Waals surface area (Å²) in [5.74, 6) is 2.30. The zero-order chi connectivity index (χ0) is 17.3. The van der Waals surface area contributed by atoms with Crippen molar-refractivity contribution in [1.29, 1.82) is 0 Å². The van der Waals surface area contributed by atoms with Crippen LogP contribution < -0.4 is 5.32 Å². The molecule has 1 amide bonds. The van der Waals surface area contributed by atoms with E-state index in [4.69, 9.17) is 4.52 Å². The van der Waals surface area contributed by atoms with Gasteiger partial charge in [0.15, 0.2) is 5.82 Å². The van der Waals surface area contributed by atoms with E-state index in [-0.39, 0.29) is 11.4 Å². The molecule has 1 spiro atoms. The zero-order valence-electron chi connectivity index (χ0n) is 15.2. The zero-order valence-corrected chi connectivity index (χ0v) is 15.2. The SMILES string of the molecule is CN1CCN(Cc2noc(C3CCCC3)n2)C[C@]12CCNC(=O)CC2. The lowest BCUT2D eigenvalue weighted by Crippen LogP contribution is -2.60. The van der Waals surface area contributed by atoms with Gasteiger partial charge in [-0.05, 0) is 32.7 Å². The average Bonchev–Trinajstić information content (AvgIpc) is 3.24. The Morgan fingerprint density at radius 2 is 2.12 bits per heavy atom. The van der Waals surface area contributed by atoms with E-state index in [0.717, 1.165) is 57.3 Å². The number of nitrogens with zero attached hydrogens (tertiary/aromatic N) is 4. The van der Waals surface area contributed by atoms with Gasteiger partial charge >= 0.3 is 0 Å². The fraction of sp³-hybridized carbons (Fsp3) is 0.833. The number of amides is 1. The van der Waals surface area contributed by atoms with Gasteiger partial charge in [0.2, 0.25) is 11.8 Å². The molecule has 3 aliphatic rings. The van der Waals surface area contributed by atoms with Gasteiger partial charge in [-0.25, -0.2) is 0 Å². The first-order valence-corrected chi connectivity index (χ1v) is 9.67. The molecule has 0 unspecified atom stereocenters. The Labute approximate surface area is 149 Å². The number of carbonyl (C=O) groups is 1. The van der Waals surface area contributed by atoms with E-state index in [1.807, 2.05) is 0 Å². The third-order valence-electron chi connectivity index (χ3n) is 6.36. The molecule has 4 rings (SSSR count). The summed E-state index contributed by atoms with van der Waals surface area (Å²) in [6.45, 7) is 4.50. The van der Waals surface area contributed by atoms with Gasteiger partial charge < -0.3 is 9.84 Å². The van der Waals surface area contributed by atoms with Gasteiger partial charge in [0, 0.05) is 44.1 Å². The summed E-state index contributed by atoms with van der Waals surface area (Å²) in [5.41, 5.74) is 0.0788. The largest absolute Gasteiger partial charge is 0.356 e. The Hall–Kier alpha value is -1.47. The van der Waals surface area contributed by atoms with Crippen molar-refractivity contribution in [3.05, 3.63) is 11.7 Å². The maximum atomic E-state index is 11.7. The first-order valence-electron chi connectivity index (χ1n) is 9.67. The van der Waals surface area contributed by atoms with E-state index in [1.54, 1.807) is 0 Å². The molecule has 0 bridgehead atoms. The first-order chi connectivity index (χ1) is 12.1. The van der Waals surface area contributed by atoms with Gasteiger partial charge in [-0.3, -0.25) is 14.6 Å². The van der Waals surface area contributed by atoms with Crippen molar-refractivity contribution in [2.75, 3.05) is 33.2 Å². The summed E-state index contributed by atoms with van der Waals surface area (Å²) >= 11 is 0. The fourth-order valence-corrected chi connectivity index (χ4v) is 4.68. The normalized spacial score (nSPS) is 29.9. The molecular formula is C18H29N5O2. The van der Waals surface area contributed by atoms with Crippen LogP contribution >= 0.6 is 0 Å². The molecular weight excluding hydrogens is 318 g/mol. The number of piperazine rings is 1. The lowest BCUT2D eigenvalue weighted by Gasteiger charge is -2.49. The van der Waals surface area contributed by atoms with Crippen molar-refractivity contribution in [2.45, 2.75) is 62.9 Å². The molecule has 25 heavy (non-hydrogen) atoms. The van der Waals surface area contributed by atoms with Crippen LogP contribution in [0.15, 0.2) is 4.52 Å². The van der Waals surface area contributed by atoms with Gasteiger partial charge in [0.05, 0.1) is 6.54 Å². The number of nitrogens with one attached hydrogen (secondary N) is 1. The highest BCUT2D eigenvalue weighted by Crippen LogP contribution is 2.33. The molecule has 138 valence electrons. The summed E-state index contributed by atoms with van der Waals surface area (Å²) in [4.78, 5) is 21.3. The van der Waals surface area contributed by atoms with Crippen LogP contribution in [0.2, 0.25) is 0 Å². The highest BCUT2D eigenvalue weighted by Gasteiger charge is 2.41. The molecule has 1 aromatic rings. The summed E-state index contributed by atoms with van der Waals surface area (Å²) in [7, 11) is 2.19. The highest BCUT2D eigenvalue weighted by molar-refractivity contribution is 5.76. The van der Waals surface area contributed by atoms with Gasteiger partial charge in [0.25, 0.3) is 0 Å². The van der Waals surface area contributed by atoms with Crippen LogP contribution in [0.5, 0.6) is 0 Å². The molecule has 2 aliphatic heterocycles. The number of aromatic nitrogens is 2. The molecule has 1 saturated carbocycles. The maximum Gasteiger partial charge on any atom is 0.229 e. The van der Waals surface area contributed by atoms with E-state index < -0.39 is 0 Å². The molecule has 7 heteroatoms. The van der Waals surface area contributed by atoms with E-state index >= 15 is 0 Å². The van der Waals surface area contributed by atoms with Crippen LogP contribution in [0.1, 0.15) is 62.6 Å². The van der Waals surface area contributed by atoms with E-state index in [2.05, 4.69) is 32.3 Å². The Bertz CT molecular complexity index is 612. The monoisotopic (exact) mass is 347 g/mol. The third-order valence-corrected chi connectivity index (χ3v) is 6.36. The van der Waals surface area contributed by atoms with E-state index in [9.17, 15) is 4.79 Å². The van der Waals surface area contributed by atoms with Crippen LogP contribution in [-0.2, 0) is 11.3 Å². The lowest BCUT2D eigenvalue weighted by molar-refractivity contribution is -0.121. The smallest absolute Gasteiger partial charge is 0.229 e. The Balaban J connectivity index is 1.41. The second-order valence-corrected chi connectivity index (χ2v) is 7.99. The molecule has 1 atom stereocenters. The predicted molar refractivity (Wildman–Crippen MR) is 93.0 cm³/mol. The van der Waals surface area contributed by atoms with Crippen molar-refractivity contribution in [3.8, 4) is 0 Å². The number of hydrogen-bond acceptors (Lipinski definition) is 6. The minimum Gasteiger partial charge on any atom is -0.356 e. The predicted octanol–water partition coefficient (Wildman–Crippen LogP) is 1.51. The lowest BCUT2D eigenvalue weighted by atomic mass is 9.86. The van der Waals surface area contributed by atoms with Crippen LogP contribution in [0.3, 0.4) is 0 Å². The third kappa shape index (κ3) is 3.58. The number of hydrogen-bond donors (Lipinski definition) is 1. The van der Waals surface area contributed by atoms with Gasteiger partial charge in [-0.15, -0.1) is 0 Å². The summed E-state index contributed by atoms with van der Waals surface area (Å²) in [6, 6.07) is 0. The van der Waals surface area contributed by atoms with Gasteiger partial charge in [-0.1, -0.05) is 18.0 Å². The van der Waals surface area contributed by atoms with E-state index in [1.165, 1.54) is 25.7 Å². The Morgan fingerprint density at radius 1 is 1.28 bits per heavy atom. The second-order valence-electron chi connectivity index (χ2n) is 7.99. The molecule has 7 nitrogen and oxygen atoms in total. The fourth-order valence-electron chi connectivity index (χ4n) is 4.68. The van der Waals surface area contributed by atoms with Crippen LogP contribution in [0.4, 0.5) is 0 Å². The highest BCUT2D eigenvalue weighted by atomic mass is 16.5. The average molecular weight is 347 g/mol. The molecule has 0 radical (unpaired) electrons. The molecule has 3 heterocycles. The van der Waals surface area contributed by atoms with Crippen molar-refractivity contribution in [2.24, 2.45) is 0 Å². The maximum absolute atomic E-state index is 11.7. The summed E-state index contributed by atoms with van der Waals surface area (Å²) < 4.78 is 5.53. The summed E-state index contributed by atoms with van der Waals surface area (Å²) in [5, 5.41) is 7.24. The quantitative estimate of drug-likeness (QED) is 0.893.